The topological polar surface area (TPSA) is 83.0 Å². The molecule has 1 aromatic carbocycles. The molecule has 2 aliphatic rings. The van der Waals surface area contributed by atoms with Crippen molar-refractivity contribution in [3.05, 3.63) is 52.3 Å². The van der Waals surface area contributed by atoms with Gasteiger partial charge in [-0.3, -0.25) is 4.79 Å². The van der Waals surface area contributed by atoms with Crippen LogP contribution in [0.25, 0.3) is 22.0 Å². The number of fused-ring (bicyclic) bond motifs is 2. The summed E-state index contributed by atoms with van der Waals surface area (Å²) in [5.74, 6) is 1.66. The lowest BCUT2D eigenvalue weighted by atomic mass is 10.0. The van der Waals surface area contributed by atoms with Gasteiger partial charge in [-0.2, -0.15) is 0 Å². The van der Waals surface area contributed by atoms with Gasteiger partial charge in [0, 0.05) is 49.3 Å². The summed E-state index contributed by atoms with van der Waals surface area (Å²) in [6.45, 7) is 1.99. The second-order valence-corrected chi connectivity index (χ2v) is 7.27. The summed E-state index contributed by atoms with van der Waals surface area (Å²) >= 11 is 0. The highest BCUT2D eigenvalue weighted by molar-refractivity contribution is 5.95. The van der Waals surface area contributed by atoms with E-state index >= 15 is 0 Å². The van der Waals surface area contributed by atoms with Gasteiger partial charge in [0.25, 0.3) is 0 Å². The Labute approximate surface area is 156 Å². The number of aromatic nitrogens is 3. The Bertz CT molecular complexity index is 1110. The number of amides is 2. The third-order valence-electron chi connectivity index (χ3n) is 5.52. The van der Waals surface area contributed by atoms with Crippen molar-refractivity contribution in [3.8, 4) is 11.3 Å². The Morgan fingerprint density at radius 1 is 1.30 bits per heavy atom. The lowest BCUT2D eigenvalue weighted by molar-refractivity contribution is 0.185. The Morgan fingerprint density at radius 3 is 2.93 bits per heavy atom. The Hall–Kier alpha value is -3.09. The fraction of sp³-hybridized carbons (Fsp3) is 0.350. The molecule has 3 heterocycles. The van der Waals surface area contributed by atoms with E-state index in [1.54, 1.807) is 19.3 Å². The summed E-state index contributed by atoms with van der Waals surface area (Å²) in [6.07, 6.45) is 4.12. The minimum absolute atomic E-state index is 0.0661. The van der Waals surface area contributed by atoms with Crippen LogP contribution in [0, 0.1) is 0 Å². The molecule has 27 heavy (non-hydrogen) atoms. The molecule has 7 nitrogen and oxygen atoms in total. The highest BCUT2D eigenvalue weighted by Gasteiger charge is 2.34. The van der Waals surface area contributed by atoms with Crippen LogP contribution >= 0.6 is 0 Å². The van der Waals surface area contributed by atoms with E-state index in [-0.39, 0.29) is 11.6 Å². The summed E-state index contributed by atoms with van der Waals surface area (Å²) in [5.41, 5.74) is 2.88. The molecule has 138 valence electrons. The quantitative estimate of drug-likeness (QED) is 0.733. The number of carbonyl (C=O) groups excluding carboxylic acids is 1. The summed E-state index contributed by atoms with van der Waals surface area (Å²) < 4.78 is 2.30. The van der Waals surface area contributed by atoms with Gasteiger partial charge in [0.05, 0.1) is 17.9 Å². The molecule has 2 amide bonds. The van der Waals surface area contributed by atoms with Crippen molar-refractivity contribution in [3.63, 3.8) is 0 Å². The molecule has 2 N–H and O–H groups in total. The monoisotopic (exact) mass is 363 g/mol. The van der Waals surface area contributed by atoms with Gasteiger partial charge in [0.1, 0.15) is 5.82 Å². The standard InChI is InChI=1S/C20H21N5O2/c1-21-20(27)24-7-8-25-16(11-24)18(23-19(25)12-5-6-12)14-4-2-3-13-9-17(26)22-10-15(13)14/h2-4,9-10,12H,5-8,11H2,1H3,(H,21,27)(H,22,26). The predicted molar refractivity (Wildman–Crippen MR) is 103 cm³/mol. The number of rotatable bonds is 2. The van der Waals surface area contributed by atoms with Crippen molar-refractivity contribution in [1.29, 1.82) is 0 Å². The first kappa shape index (κ1) is 16.1. The van der Waals surface area contributed by atoms with Gasteiger partial charge >= 0.3 is 6.03 Å². The molecular weight excluding hydrogens is 342 g/mol. The smallest absolute Gasteiger partial charge is 0.317 e. The SMILES string of the molecule is CNC(=O)N1CCn2c(C3CC3)nc(-c3cccc4cc(=O)[nH]cc34)c2C1. The van der Waals surface area contributed by atoms with E-state index in [0.29, 0.717) is 19.0 Å². The van der Waals surface area contributed by atoms with Crippen LogP contribution in [-0.4, -0.2) is 39.1 Å². The highest BCUT2D eigenvalue weighted by atomic mass is 16.2. The maximum atomic E-state index is 12.2. The number of hydrogen-bond acceptors (Lipinski definition) is 3. The van der Waals surface area contributed by atoms with Crippen molar-refractivity contribution in [2.24, 2.45) is 0 Å². The Kier molecular flexibility index (Phi) is 3.56. The molecule has 5 rings (SSSR count). The van der Waals surface area contributed by atoms with Crippen molar-refractivity contribution in [2.75, 3.05) is 13.6 Å². The van der Waals surface area contributed by atoms with Gasteiger partial charge in [0.2, 0.25) is 5.56 Å². The maximum Gasteiger partial charge on any atom is 0.317 e. The number of hydrogen-bond donors (Lipinski definition) is 2. The number of pyridine rings is 1. The first-order valence-electron chi connectivity index (χ1n) is 9.33. The molecule has 0 radical (unpaired) electrons. The van der Waals surface area contributed by atoms with Crippen LogP contribution in [0.3, 0.4) is 0 Å². The molecule has 0 atom stereocenters. The fourth-order valence-corrected chi connectivity index (χ4v) is 4.00. The van der Waals surface area contributed by atoms with Crippen molar-refractivity contribution < 1.29 is 4.79 Å². The van der Waals surface area contributed by atoms with E-state index in [4.69, 9.17) is 4.98 Å². The number of H-pyrrole nitrogens is 1. The molecule has 3 aromatic rings. The number of nitrogens with one attached hydrogen (secondary N) is 2. The molecule has 0 saturated heterocycles. The van der Waals surface area contributed by atoms with Gasteiger partial charge in [-0.05, 0) is 18.2 Å². The number of imidazole rings is 1. The number of urea groups is 1. The zero-order chi connectivity index (χ0) is 18.5. The van der Waals surface area contributed by atoms with Crippen LogP contribution in [0.15, 0.2) is 35.3 Å². The summed E-state index contributed by atoms with van der Waals surface area (Å²) in [6, 6.07) is 7.48. The third-order valence-corrected chi connectivity index (χ3v) is 5.52. The van der Waals surface area contributed by atoms with Gasteiger partial charge in [-0.25, -0.2) is 9.78 Å². The van der Waals surface area contributed by atoms with E-state index in [1.165, 1.54) is 12.8 Å². The van der Waals surface area contributed by atoms with Crippen molar-refractivity contribution in [2.45, 2.75) is 31.8 Å². The van der Waals surface area contributed by atoms with Crippen LogP contribution in [-0.2, 0) is 13.1 Å². The molecule has 2 aromatic heterocycles. The molecule has 0 bridgehead atoms. The van der Waals surface area contributed by atoms with Crippen molar-refractivity contribution in [1.82, 2.24) is 24.8 Å². The van der Waals surface area contributed by atoms with Crippen LogP contribution < -0.4 is 10.9 Å². The third kappa shape index (κ3) is 2.61. The van der Waals surface area contributed by atoms with E-state index in [9.17, 15) is 9.59 Å². The first-order valence-corrected chi connectivity index (χ1v) is 9.33. The molecular formula is C20H21N5O2. The van der Waals surface area contributed by atoms with Gasteiger partial charge in [0.15, 0.2) is 0 Å². The van der Waals surface area contributed by atoms with E-state index in [0.717, 1.165) is 40.1 Å². The zero-order valence-electron chi connectivity index (χ0n) is 15.2. The largest absolute Gasteiger partial charge is 0.341 e. The first-order chi connectivity index (χ1) is 13.2. The average molecular weight is 363 g/mol. The summed E-state index contributed by atoms with van der Waals surface area (Å²) in [7, 11) is 1.66. The number of nitrogens with zero attached hydrogens (tertiary/aromatic N) is 3. The van der Waals surface area contributed by atoms with Crippen LogP contribution in [0.5, 0.6) is 0 Å². The molecule has 0 unspecified atom stereocenters. The van der Waals surface area contributed by atoms with Crippen LogP contribution in [0.4, 0.5) is 4.79 Å². The Morgan fingerprint density at radius 2 is 2.15 bits per heavy atom. The summed E-state index contributed by atoms with van der Waals surface area (Å²) in [5, 5.41) is 4.58. The second kappa shape index (κ2) is 5.97. The van der Waals surface area contributed by atoms with E-state index in [1.807, 2.05) is 23.1 Å². The van der Waals surface area contributed by atoms with E-state index in [2.05, 4.69) is 14.9 Å². The van der Waals surface area contributed by atoms with Gasteiger partial charge in [-0.1, -0.05) is 18.2 Å². The maximum absolute atomic E-state index is 12.2. The average Bonchev–Trinajstić information content (AvgIpc) is 3.47. The lowest BCUT2D eigenvalue weighted by Gasteiger charge is -2.29. The van der Waals surface area contributed by atoms with Gasteiger partial charge < -0.3 is 19.8 Å². The molecule has 0 spiro atoms. The van der Waals surface area contributed by atoms with E-state index < -0.39 is 0 Å². The molecule has 1 aliphatic carbocycles. The Balaban J connectivity index is 1.69. The number of aromatic amines is 1. The second-order valence-electron chi connectivity index (χ2n) is 7.27. The van der Waals surface area contributed by atoms with Crippen molar-refractivity contribution >= 4 is 16.8 Å². The van der Waals surface area contributed by atoms with Crippen LogP contribution in [0.1, 0.15) is 30.3 Å². The molecule has 7 heteroatoms. The number of benzene rings is 1. The highest BCUT2D eigenvalue weighted by Crippen LogP contribution is 2.43. The molecule has 1 saturated carbocycles. The zero-order valence-corrected chi connectivity index (χ0v) is 15.2. The summed E-state index contributed by atoms with van der Waals surface area (Å²) in [4.78, 5) is 33.5. The molecule has 1 aliphatic heterocycles. The lowest BCUT2D eigenvalue weighted by Crippen LogP contribution is -2.43. The molecule has 1 fully saturated rings. The minimum atomic E-state index is -0.115. The van der Waals surface area contributed by atoms with Gasteiger partial charge in [-0.15, -0.1) is 0 Å². The van der Waals surface area contributed by atoms with Crippen LogP contribution in [0.2, 0.25) is 0 Å². The normalized spacial score (nSPS) is 16.4. The fourth-order valence-electron chi connectivity index (χ4n) is 4.00. The minimum Gasteiger partial charge on any atom is -0.341 e. The number of carbonyl (C=O) groups is 1. The predicted octanol–water partition coefficient (Wildman–Crippen LogP) is 2.42.